The fraction of sp³-hybridized carbons (Fsp3) is 0.364. The van der Waals surface area contributed by atoms with Crippen molar-refractivity contribution in [1.82, 2.24) is 10.4 Å². The number of aromatic hydroxyl groups is 1. The van der Waals surface area contributed by atoms with Crippen molar-refractivity contribution in [3.63, 3.8) is 0 Å². The Balaban J connectivity index is 2.03. The summed E-state index contributed by atoms with van der Waals surface area (Å²) < 4.78 is 5.17. The van der Waals surface area contributed by atoms with Gasteiger partial charge in [-0.1, -0.05) is 11.6 Å². The highest BCUT2D eigenvalue weighted by molar-refractivity contribution is 6.30. The maximum Gasteiger partial charge on any atom is 0.269 e. The predicted octanol–water partition coefficient (Wildman–Crippen LogP) is 1.02. The Morgan fingerprint density at radius 1 is 1.41 bits per heavy atom. The van der Waals surface area contributed by atoms with Gasteiger partial charge in [-0.2, -0.15) is 0 Å². The summed E-state index contributed by atoms with van der Waals surface area (Å²) in [5.41, 5.74) is 2.92. The molecular formula is C11H13ClN2O3. The van der Waals surface area contributed by atoms with Crippen LogP contribution in [0.5, 0.6) is 5.75 Å². The first-order valence-electron chi connectivity index (χ1n) is 5.29. The number of benzene rings is 1. The molecule has 6 heteroatoms. The van der Waals surface area contributed by atoms with Crippen LogP contribution in [0.15, 0.2) is 18.2 Å². The van der Waals surface area contributed by atoms with Gasteiger partial charge in [0.2, 0.25) is 0 Å². The number of ether oxygens (including phenoxy) is 1. The summed E-state index contributed by atoms with van der Waals surface area (Å²) in [7, 11) is 0. The summed E-state index contributed by atoms with van der Waals surface area (Å²) in [6, 6.07) is 4.40. The lowest BCUT2D eigenvalue weighted by atomic mass is 10.2. The molecule has 0 unspecified atom stereocenters. The molecule has 92 valence electrons. The summed E-state index contributed by atoms with van der Waals surface area (Å²) in [5.74, 6) is -0.468. The number of hydrogen-bond acceptors (Lipinski definition) is 4. The molecule has 1 saturated heterocycles. The molecule has 1 heterocycles. The van der Waals surface area contributed by atoms with E-state index < -0.39 is 0 Å². The van der Waals surface area contributed by atoms with Crippen LogP contribution in [0.4, 0.5) is 0 Å². The SMILES string of the molecule is O=C(NN1CCOCC1)c1ccc(Cl)cc1O. The number of halogens is 1. The molecule has 1 fully saturated rings. The topological polar surface area (TPSA) is 61.8 Å². The van der Waals surface area contributed by atoms with E-state index in [0.717, 1.165) is 0 Å². The second-order valence-electron chi connectivity index (χ2n) is 3.70. The number of nitrogens with one attached hydrogen (secondary N) is 1. The second kappa shape index (κ2) is 5.35. The number of phenols is 1. The van der Waals surface area contributed by atoms with Crippen LogP contribution in [-0.2, 0) is 4.74 Å². The summed E-state index contributed by atoms with van der Waals surface area (Å²) >= 11 is 5.69. The summed E-state index contributed by atoms with van der Waals surface area (Å²) in [6.45, 7) is 2.46. The highest BCUT2D eigenvalue weighted by atomic mass is 35.5. The molecule has 0 aromatic heterocycles. The molecule has 1 amide bonds. The zero-order chi connectivity index (χ0) is 12.3. The van der Waals surface area contributed by atoms with Crippen LogP contribution in [-0.4, -0.2) is 42.3 Å². The number of rotatable bonds is 2. The molecule has 0 saturated carbocycles. The van der Waals surface area contributed by atoms with E-state index in [9.17, 15) is 9.90 Å². The van der Waals surface area contributed by atoms with Gasteiger partial charge in [0.15, 0.2) is 0 Å². The van der Waals surface area contributed by atoms with Gasteiger partial charge >= 0.3 is 0 Å². The highest BCUT2D eigenvalue weighted by Crippen LogP contribution is 2.21. The van der Waals surface area contributed by atoms with E-state index in [1.807, 2.05) is 0 Å². The summed E-state index contributed by atoms with van der Waals surface area (Å²) in [5, 5.41) is 11.8. The monoisotopic (exact) mass is 256 g/mol. The van der Waals surface area contributed by atoms with Crippen molar-refractivity contribution >= 4 is 17.5 Å². The normalized spacial score (nSPS) is 16.8. The lowest BCUT2D eigenvalue weighted by Gasteiger charge is -2.27. The molecular weight excluding hydrogens is 244 g/mol. The van der Waals surface area contributed by atoms with Gasteiger partial charge in [0.05, 0.1) is 18.8 Å². The van der Waals surface area contributed by atoms with E-state index in [2.05, 4.69) is 5.43 Å². The number of morpholine rings is 1. The molecule has 0 radical (unpaired) electrons. The Morgan fingerprint density at radius 2 is 2.12 bits per heavy atom. The van der Waals surface area contributed by atoms with Gasteiger partial charge in [-0.05, 0) is 18.2 Å². The Morgan fingerprint density at radius 3 is 2.76 bits per heavy atom. The lowest BCUT2D eigenvalue weighted by Crippen LogP contribution is -2.48. The highest BCUT2D eigenvalue weighted by Gasteiger charge is 2.16. The second-order valence-corrected chi connectivity index (χ2v) is 4.14. The quantitative estimate of drug-likeness (QED) is 0.830. The maximum atomic E-state index is 11.8. The van der Waals surface area contributed by atoms with Gasteiger partial charge in [-0.3, -0.25) is 10.2 Å². The zero-order valence-electron chi connectivity index (χ0n) is 9.15. The molecule has 1 aromatic carbocycles. The summed E-state index contributed by atoms with van der Waals surface area (Å²) in [6.07, 6.45) is 0. The van der Waals surface area contributed by atoms with Crippen molar-refractivity contribution in [3.8, 4) is 5.75 Å². The maximum absolute atomic E-state index is 11.8. The Bertz CT molecular complexity index is 419. The fourth-order valence-corrected chi connectivity index (χ4v) is 1.74. The van der Waals surface area contributed by atoms with Crippen LogP contribution < -0.4 is 5.43 Å². The predicted molar refractivity (Wildman–Crippen MR) is 63.0 cm³/mol. The lowest BCUT2D eigenvalue weighted by molar-refractivity contribution is 0.0125. The minimum Gasteiger partial charge on any atom is -0.507 e. The number of nitrogens with zero attached hydrogens (tertiary/aromatic N) is 1. The van der Waals surface area contributed by atoms with Crippen LogP contribution in [0.2, 0.25) is 5.02 Å². The molecule has 0 bridgehead atoms. The van der Waals surface area contributed by atoms with Crippen LogP contribution in [0.1, 0.15) is 10.4 Å². The molecule has 5 nitrogen and oxygen atoms in total. The largest absolute Gasteiger partial charge is 0.507 e. The van der Waals surface area contributed by atoms with Crippen LogP contribution in [0, 0.1) is 0 Å². The van der Waals surface area contributed by atoms with Crippen molar-refractivity contribution in [2.45, 2.75) is 0 Å². The first kappa shape index (κ1) is 12.2. The summed E-state index contributed by atoms with van der Waals surface area (Å²) in [4.78, 5) is 11.8. The van der Waals surface area contributed by atoms with Gasteiger partial charge in [0.1, 0.15) is 5.75 Å². The molecule has 1 aliphatic rings. The van der Waals surface area contributed by atoms with E-state index in [-0.39, 0.29) is 17.2 Å². The van der Waals surface area contributed by atoms with Crippen LogP contribution >= 0.6 is 11.6 Å². The van der Waals surface area contributed by atoms with E-state index in [1.54, 1.807) is 11.1 Å². The van der Waals surface area contributed by atoms with Gasteiger partial charge in [-0.15, -0.1) is 0 Å². The Labute approximate surface area is 104 Å². The standard InChI is InChI=1S/C11H13ClN2O3/c12-8-1-2-9(10(15)7-8)11(16)13-14-3-5-17-6-4-14/h1-2,7,15H,3-6H2,(H,13,16). The minimum atomic E-state index is -0.346. The van der Waals surface area contributed by atoms with E-state index in [1.165, 1.54) is 12.1 Å². The first-order valence-corrected chi connectivity index (χ1v) is 5.67. The Kier molecular flexibility index (Phi) is 3.83. The number of carbonyl (C=O) groups is 1. The number of carbonyl (C=O) groups excluding carboxylic acids is 1. The fourth-order valence-electron chi connectivity index (χ4n) is 1.58. The van der Waals surface area contributed by atoms with Crippen LogP contribution in [0.3, 0.4) is 0 Å². The van der Waals surface area contributed by atoms with Crippen molar-refractivity contribution in [2.24, 2.45) is 0 Å². The third-order valence-electron chi connectivity index (χ3n) is 2.48. The number of hydrazine groups is 1. The third-order valence-corrected chi connectivity index (χ3v) is 2.71. The zero-order valence-corrected chi connectivity index (χ0v) is 9.91. The van der Waals surface area contributed by atoms with Crippen LogP contribution in [0.25, 0.3) is 0 Å². The molecule has 0 atom stereocenters. The van der Waals surface area contributed by atoms with Crippen molar-refractivity contribution in [1.29, 1.82) is 0 Å². The number of phenolic OH excluding ortho intramolecular Hbond substituents is 1. The van der Waals surface area contributed by atoms with E-state index >= 15 is 0 Å². The van der Waals surface area contributed by atoms with Gasteiger partial charge in [0, 0.05) is 18.1 Å². The molecule has 1 aromatic rings. The molecule has 17 heavy (non-hydrogen) atoms. The molecule has 2 rings (SSSR count). The molecule has 1 aliphatic heterocycles. The van der Waals surface area contributed by atoms with Crippen molar-refractivity contribution in [2.75, 3.05) is 26.3 Å². The Hall–Kier alpha value is -1.30. The average Bonchev–Trinajstić information content (AvgIpc) is 2.30. The first-order chi connectivity index (χ1) is 8.16. The number of hydrogen-bond donors (Lipinski definition) is 2. The smallest absolute Gasteiger partial charge is 0.269 e. The van der Waals surface area contributed by atoms with Crippen molar-refractivity contribution < 1.29 is 14.6 Å². The van der Waals surface area contributed by atoms with E-state index in [0.29, 0.717) is 31.3 Å². The molecule has 0 aliphatic carbocycles. The molecule has 2 N–H and O–H groups in total. The average molecular weight is 257 g/mol. The van der Waals surface area contributed by atoms with Gasteiger partial charge in [-0.25, -0.2) is 5.01 Å². The minimum absolute atomic E-state index is 0.122. The number of amides is 1. The molecule has 0 spiro atoms. The third kappa shape index (κ3) is 3.09. The van der Waals surface area contributed by atoms with Crippen molar-refractivity contribution in [3.05, 3.63) is 28.8 Å². The van der Waals surface area contributed by atoms with Gasteiger partial charge in [0.25, 0.3) is 5.91 Å². The van der Waals surface area contributed by atoms with Gasteiger partial charge < -0.3 is 9.84 Å². The van der Waals surface area contributed by atoms with E-state index in [4.69, 9.17) is 16.3 Å².